The number of nitrogens with zero attached hydrogens (tertiary/aromatic N) is 3. The molecule has 1 aliphatic heterocycles. The molecule has 170 valence electrons. The van der Waals surface area contributed by atoms with Crippen LogP contribution in [-0.4, -0.2) is 40.9 Å². The Morgan fingerprint density at radius 3 is 2.53 bits per heavy atom. The average Bonchev–Trinajstić information content (AvgIpc) is 2.72. The second-order valence-electron chi connectivity index (χ2n) is 8.80. The van der Waals surface area contributed by atoms with E-state index in [1.807, 2.05) is 24.3 Å². The zero-order valence-electron chi connectivity index (χ0n) is 19.1. The van der Waals surface area contributed by atoms with Gasteiger partial charge in [-0.05, 0) is 45.9 Å². The Balaban J connectivity index is 1.69. The summed E-state index contributed by atoms with van der Waals surface area (Å²) in [7, 11) is 1.78. The summed E-state index contributed by atoms with van der Waals surface area (Å²) in [5.41, 5.74) is 3.30. The van der Waals surface area contributed by atoms with E-state index in [1.165, 1.54) is 0 Å². The highest BCUT2D eigenvalue weighted by molar-refractivity contribution is 6.33. The van der Waals surface area contributed by atoms with Crippen LogP contribution in [0.5, 0.6) is 0 Å². The maximum Gasteiger partial charge on any atom is 0.252 e. The Kier molecular flexibility index (Phi) is 6.31. The standard InChI is InChI=1S/C24H30ClN5O2/c1-14(2)27-20-10-24(31)29(5)22-7-6-17(8-18(20)22)28-21-9-23(26-11-19(21)25)30-12-15(3)32-16(4)13-30/h6-11,14-16,27H,12-13H2,1-5H3,(H,26,28)/t15-,16+. The van der Waals surface area contributed by atoms with Crippen molar-refractivity contribution < 1.29 is 4.74 Å². The molecule has 0 aliphatic carbocycles. The van der Waals surface area contributed by atoms with Crippen LogP contribution >= 0.6 is 11.6 Å². The van der Waals surface area contributed by atoms with Crippen molar-refractivity contribution in [2.45, 2.75) is 45.9 Å². The molecular weight excluding hydrogens is 426 g/mol. The summed E-state index contributed by atoms with van der Waals surface area (Å²) in [4.78, 5) is 19.1. The van der Waals surface area contributed by atoms with Crippen molar-refractivity contribution in [3.8, 4) is 0 Å². The lowest BCUT2D eigenvalue weighted by molar-refractivity contribution is -0.00545. The van der Waals surface area contributed by atoms with Crippen LogP contribution in [-0.2, 0) is 11.8 Å². The van der Waals surface area contributed by atoms with Gasteiger partial charge < -0.3 is 24.8 Å². The molecule has 0 radical (unpaired) electrons. The molecule has 2 atom stereocenters. The summed E-state index contributed by atoms with van der Waals surface area (Å²) in [6.45, 7) is 9.82. The molecule has 7 nitrogen and oxygen atoms in total. The number of ether oxygens (including phenoxy) is 1. The van der Waals surface area contributed by atoms with Crippen LogP contribution in [0.25, 0.3) is 10.9 Å². The number of rotatable bonds is 5. The number of fused-ring (bicyclic) bond motifs is 1. The third kappa shape index (κ3) is 4.69. The van der Waals surface area contributed by atoms with Crippen LogP contribution < -0.4 is 21.1 Å². The minimum Gasteiger partial charge on any atom is -0.382 e. The molecule has 1 aliphatic rings. The van der Waals surface area contributed by atoms with Crippen molar-refractivity contribution in [1.82, 2.24) is 9.55 Å². The summed E-state index contributed by atoms with van der Waals surface area (Å²) in [6.07, 6.45) is 1.97. The van der Waals surface area contributed by atoms with E-state index in [0.717, 1.165) is 46.9 Å². The first-order valence-corrected chi connectivity index (χ1v) is 11.3. The van der Waals surface area contributed by atoms with Crippen LogP contribution in [0.2, 0.25) is 5.02 Å². The van der Waals surface area contributed by atoms with Gasteiger partial charge in [0.25, 0.3) is 5.56 Å². The number of aromatic nitrogens is 2. The quantitative estimate of drug-likeness (QED) is 0.577. The minimum absolute atomic E-state index is 0.0443. The number of aryl methyl sites for hydroxylation is 1. The lowest BCUT2D eigenvalue weighted by Gasteiger charge is -2.36. The van der Waals surface area contributed by atoms with Gasteiger partial charge in [-0.1, -0.05) is 11.6 Å². The molecule has 32 heavy (non-hydrogen) atoms. The van der Waals surface area contributed by atoms with Gasteiger partial charge in [0.05, 0.1) is 34.6 Å². The number of morpholine rings is 1. The highest BCUT2D eigenvalue weighted by atomic mass is 35.5. The normalized spacial score (nSPS) is 18.9. The van der Waals surface area contributed by atoms with Gasteiger partial charge >= 0.3 is 0 Å². The van der Waals surface area contributed by atoms with E-state index in [-0.39, 0.29) is 23.8 Å². The molecule has 3 heterocycles. The molecule has 1 aromatic carbocycles. The van der Waals surface area contributed by atoms with Crippen LogP contribution in [0.4, 0.5) is 22.9 Å². The van der Waals surface area contributed by atoms with E-state index in [2.05, 4.69) is 48.2 Å². The van der Waals surface area contributed by atoms with Gasteiger partial charge in [-0.3, -0.25) is 4.79 Å². The molecule has 0 saturated carbocycles. The zero-order valence-corrected chi connectivity index (χ0v) is 19.9. The summed E-state index contributed by atoms with van der Waals surface area (Å²) in [6, 6.07) is 9.77. The number of benzene rings is 1. The second-order valence-corrected chi connectivity index (χ2v) is 9.20. The third-order valence-electron chi connectivity index (χ3n) is 5.55. The Labute approximate surface area is 193 Å². The van der Waals surface area contributed by atoms with Crippen LogP contribution in [0, 0.1) is 0 Å². The summed E-state index contributed by atoms with van der Waals surface area (Å²) < 4.78 is 7.50. The molecule has 0 unspecified atom stereocenters. The summed E-state index contributed by atoms with van der Waals surface area (Å²) in [5, 5.41) is 8.33. The van der Waals surface area contributed by atoms with Crippen molar-refractivity contribution in [3.63, 3.8) is 0 Å². The van der Waals surface area contributed by atoms with Gasteiger partial charge in [0, 0.05) is 55.1 Å². The lowest BCUT2D eigenvalue weighted by Crippen LogP contribution is -2.45. The highest BCUT2D eigenvalue weighted by Gasteiger charge is 2.23. The summed E-state index contributed by atoms with van der Waals surface area (Å²) in [5.74, 6) is 0.865. The average molecular weight is 456 g/mol. The Bertz CT molecular complexity index is 1180. The van der Waals surface area contributed by atoms with Gasteiger partial charge in [0.2, 0.25) is 0 Å². The fourth-order valence-corrected chi connectivity index (χ4v) is 4.34. The largest absolute Gasteiger partial charge is 0.382 e. The van der Waals surface area contributed by atoms with E-state index >= 15 is 0 Å². The zero-order chi connectivity index (χ0) is 23.0. The molecular formula is C24H30ClN5O2. The van der Waals surface area contributed by atoms with Crippen molar-refractivity contribution in [3.05, 3.63) is 51.9 Å². The van der Waals surface area contributed by atoms with Crippen LogP contribution in [0.1, 0.15) is 27.7 Å². The van der Waals surface area contributed by atoms with Gasteiger partial charge in [0.15, 0.2) is 0 Å². The third-order valence-corrected chi connectivity index (χ3v) is 5.86. The molecule has 1 fully saturated rings. The molecule has 4 rings (SSSR count). The van der Waals surface area contributed by atoms with Gasteiger partial charge in [0.1, 0.15) is 5.82 Å². The predicted molar refractivity (Wildman–Crippen MR) is 133 cm³/mol. The number of nitrogens with one attached hydrogen (secondary N) is 2. The minimum atomic E-state index is -0.0443. The number of hydrogen-bond donors (Lipinski definition) is 2. The molecule has 0 amide bonds. The maximum atomic E-state index is 12.4. The highest BCUT2D eigenvalue weighted by Crippen LogP contribution is 2.32. The molecule has 0 spiro atoms. The SMILES string of the molecule is CC(C)Nc1cc(=O)n(C)c2ccc(Nc3cc(N4C[C@@H](C)O[C@@H](C)C4)ncc3Cl)cc12. The fraction of sp³-hybridized carbons (Fsp3) is 0.417. The molecule has 8 heteroatoms. The molecule has 0 bridgehead atoms. The van der Waals surface area contributed by atoms with Gasteiger partial charge in [-0.25, -0.2) is 4.98 Å². The van der Waals surface area contributed by atoms with Gasteiger partial charge in [-0.15, -0.1) is 0 Å². The first kappa shape index (κ1) is 22.4. The first-order valence-electron chi connectivity index (χ1n) is 10.9. The van der Waals surface area contributed by atoms with E-state index in [4.69, 9.17) is 16.3 Å². The number of hydrogen-bond acceptors (Lipinski definition) is 6. The van der Waals surface area contributed by atoms with E-state index < -0.39 is 0 Å². The first-order chi connectivity index (χ1) is 15.2. The maximum absolute atomic E-state index is 12.4. The molecule has 1 saturated heterocycles. The molecule has 2 N–H and O–H groups in total. The van der Waals surface area contributed by atoms with Crippen molar-refractivity contribution in [1.29, 1.82) is 0 Å². The Hall–Kier alpha value is -2.77. The molecule has 3 aromatic rings. The van der Waals surface area contributed by atoms with E-state index in [9.17, 15) is 4.79 Å². The van der Waals surface area contributed by atoms with E-state index in [1.54, 1.807) is 23.9 Å². The topological polar surface area (TPSA) is 71.4 Å². The fourth-order valence-electron chi connectivity index (χ4n) is 4.19. The Morgan fingerprint density at radius 1 is 1.12 bits per heavy atom. The predicted octanol–water partition coefficient (Wildman–Crippen LogP) is 4.76. The van der Waals surface area contributed by atoms with Crippen molar-refractivity contribution >= 4 is 45.4 Å². The second kappa shape index (κ2) is 9.00. The monoisotopic (exact) mass is 455 g/mol. The number of pyridine rings is 2. The van der Waals surface area contributed by atoms with Crippen molar-refractivity contribution in [2.24, 2.45) is 7.05 Å². The van der Waals surface area contributed by atoms with E-state index in [0.29, 0.717) is 5.02 Å². The smallest absolute Gasteiger partial charge is 0.252 e. The van der Waals surface area contributed by atoms with Crippen LogP contribution in [0.3, 0.4) is 0 Å². The Morgan fingerprint density at radius 2 is 1.84 bits per heavy atom. The molecule has 2 aromatic heterocycles. The lowest BCUT2D eigenvalue weighted by atomic mass is 10.1. The van der Waals surface area contributed by atoms with Crippen LogP contribution in [0.15, 0.2) is 41.3 Å². The number of anilines is 4. The van der Waals surface area contributed by atoms with Gasteiger partial charge in [-0.2, -0.15) is 0 Å². The summed E-state index contributed by atoms with van der Waals surface area (Å²) >= 11 is 6.48. The van der Waals surface area contributed by atoms with Crippen molar-refractivity contribution in [2.75, 3.05) is 28.6 Å². The number of halogens is 1.